The lowest BCUT2D eigenvalue weighted by Crippen LogP contribution is -2.04. The Bertz CT molecular complexity index is 1020. The van der Waals surface area contributed by atoms with Crippen LogP contribution in [0.15, 0.2) is 63.3 Å². The molecule has 0 aromatic heterocycles. The van der Waals surface area contributed by atoms with Gasteiger partial charge in [0, 0.05) is 0 Å². The van der Waals surface area contributed by atoms with Gasteiger partial charge in [0.2, 0.25) is 9.84 Å². The molecule has 2 rings (SSSR count). The Morgan fingerprint density at radius 1 is 1.30 bits per heavy atom. The van der Waals surface area contributed by atoms with Crippen LogP contribution in [0.4, 0.5) is 0 Å². The van der Waals surface area contributed by atoms with Gasteiger partial charge < -0.3 is 9.47 Å². The summed E-state index contributed by atoms with van der Waals surface area (Å²) >= 11 is 3.38. The minimum absolute atomic E-state index is 0.0675. The fourth-order valence-electron chi connectivity index (χ4n) is 2.27. The van der Waals surface area contributed by atoms with Crippen LogP contribution in [0.25, 0.3) is 6.08 Å². The van der Waals surface area contributed by atoms with E-state index in [1.54, 1.807) is 36.4 Å². The van der Waals surface area contributed by atoms with E-state index >= 15 is 0 Å². The summed E-state index contributed by atoms with van der Waals surface area (Å²) in [5.74, 6) is 0.872. The third-order valence-corrected chi connectivity index (χ3v) is 5.90. The summed E-state index contributed by atoms with van der Waals surface area (Å²) in [7, 11) is -2.45. The Morgan fingerprint density at radius 2 is 1.96 bits per heavy atom. The Hall–Kier alpha value is -2.56. The van der Waals surface area contributed by atoms with Gasteiger partial charge in [0.1, 0.15) is 17.6 Å². The number of benzene rings is 2. The second-order valence-corrected chi connectivity index (χ2v) is 8.34. The minimum atomic E-state index is -3.92. The molecule has 0 amide bonds. The first-order valence-electron chi connectivity index (χ1n) is 7.88. The van der Waals surface area contributed by atoms with Crippen LogP contribution in [0.3, 0.4) is 0 Å². The van der Waals surface area contributed by atoms with Crippen molar-refractivity contribution >= 4 is 31.8 Å². The van der Waals surface area contributed by atoms with Gasteiger partial charge in [-0.1, -0.05) is 30.4 Å². The molecule has 5 nitrogen and oxygen atoms in total. The molecule has 0 fully saturated rings. The molecule has 0 heterocycles. The van der Waals surface area contributed by atoms with E-state index in [1.165, 1.54) is 25.3 Å². The van der Waals surface area contributed by atoms with E-state index in [1.807, 2.05) is 6.92 Å². The van der Waals surface area contributed by atoms with Crippen molar-refractivity contribution in [2.45, 2.75) is 11.8 Å². The van der Waals surface area contributed by atoms with E-state index in [-0.39, 0.29) is 16.4 Å². The second kappa shape index (κ2) is 8.89. The normalized spacial score (nSPS) is 11.6. The molecule has 0 saturated heterocycles. The summed E-state index contributed by atoms with van der Waals surface area (Å²) in [6.07, 6.45) is 2.90. The second-order valence-electron chi connectivity index (χ2n) is 5.57. The van der Waals surface area contributed by atoms with Gasteiger partial charge in [-0.25, -0.2) is 8.42 Å². The first-order chi connectivity index (χ1) is 12.8. The number of hydrogen-bond donors (Lipinski definition) is 0. The van der Waals surface area contributed by atoms with Gasteiger partial charge in [-0.05, 0) is 58.8 Å². The molecular formula is C20H18BrNO4S. The Kier molecular flexibility index (Phi) is 6.83. The molecule has 0 aliphatic rings. The molecule has 0 N–H and O–H groups in total. The number of sulfone groups is 1. The lowest BCUT2D eigenvalue weighted by Gasteiger charge is -2.12. The summed E-state index contributed by atoms with van der Waals surface area (Å²) in [6, 6.07) is 11.4. The average molecular weight is 448 g/mol. The van der Waals surface area contributed by atoms with Crippen molar-refractivity contribution in [3.05, 3.63) is 69.6 Å². The maximum atomic E-state index is 12.8. The third-order valence-electron chi connectivity index (χ3n) is 3.63. The van der Waals surface area contributed by atoms with Crippen LogP contribution in [0, 0.1) is 18.3 Å². The molecule has 2 aromatic rings. The standard InChI is InChI=1S/C20H18BrNO4S/c1-4-9-26-20-18(21)11-15(12-19(20)25-3)10-17(13-22)27(23,24)16-7-5-14(2)6-8-16/h4-8,10-12H,1,9H2,2-3H3/b17-10+. The zero-order valence-corrected chi connectivity index (χ0v) is 17.3. The van der Waals surface area contributed by atoms with Crippen LogP contribution in [0.5, 0.6) is 11.5 Å². The molecule has 0 aliphatic heterocycles. The molecule has 2 aromatic carbocycles. The summed E-state index contributed by atoms with van der Waals surface area (Å²) in [6.45, 7) is 5.74. The average Bonchev–Trinajstić information content (AvgIpc) is 2.65. The lowest BCUT2D eigenvalue weighted by atomic mass is 10.2. The Balaban J connectivity index is 2.51. The van der Waals surface area contributed by atoms with E-state index in [9.17, 15) is 13.7 Å². The molecule has 0 spiro atoms. The summed E-state index contributed by atoms with van der Waals surface area (Å²) < 4.78 is 36.9. The Labute approximate surface area is 167 Å². The van der Waals surface area contributed by atoms with Crippen LogP contribution < -0.4 is 9.47 Å². The summed E-state index contributed by atoms with van der Waals surface area (Å²) in [4.78, 5) is -0.294. The monoisotopic (exact) mass is 447 g/mol. The number of ether oxygens (including phenoxy) is 2. The quantitative estimate of drug-likeness (QED) is 0.455. The van der Waals surface area contributed by atoms with Crippen molar-refractivity contribution in [2.24, 2.45) is 0 Å². The molecule has 27 heavy (non-hydrogen) atoms. The maximum Gasteiger partial charge on any atom is 0.216 e. The highest BCUT2D eigenvalue weighted by atomic mass is 79.9. The first-order valence-corrected chi connectivity index (χ1v) is 10.2. The van der Waals surface area contributed by atoms with E-state index in [0.717, 1.165) is 5.56 Å². The van der Waals surface area contributed by atoms with Crippen LogP contribution in [0.2, 0.25) is 0 Å². The third kappa shape index (κ3) is 4.79. The smallest absolute Gasteiger partial charge is 0.216 e. The molecule has 0 atom stereocenters. The van der Waals surface area contributed by atoms with Gasteiger partial charge in [0.15, 0.2) is 11.5 Å². The van der Waals surface area contributed by atoms with Crippen LogP contribution in [0.1, 0.15) is 11.1 Å². The topological polar surface area (TPSA) is 76.4 Å². The van der Waals surface area contributed by atoms with Crippen LogP contribution >= 0.6 is 15.9 Å². The largest absolute Gasteiger partial charge is 0.493 e. The first kappa shape index (κ1) is 20.7. The van der Waals surface area contributed by atoms with E-state index in [2.05, 4.69) is 22.5 Å². The SMILES string of the molecule is C=CCOc1c(Br)cc(/C=C(\C#N)S(=O)(=O)c2ccc(C)cc2)cc1OC. The van der Waals surface area contributed by atoms with Gasteiger partial charge in [-0.3, -0.25) is 0 Å². The lowest BCUT2D eigenvalue weighted by molar-refractivity contribution is 0.324. The van der Waals surface area contributed by atoms with Gasteiger partial charge in [-0.15, -0.1) is 0 Å². The zero-order chi connectivity index (χ0) is 20.0. The van der Waals surface area contributed by atoms with Crippen molar-refractivity contribution in [1.29, 1.82) is 5.26 Å². The number of aryl methyl sites for hydroxylation is 1. The molecule has 0 bridgehead atoms. The van der Waals surface area contributed by atoms with Crippen molar-refractivity contribution in [2.75, 3.05) is 13.7 Å². The predicted octanol–water partition coefficient (Wildman–Crippen LogP) is 4.67. The number of nitrogens with zero attached hydrogens (tertiary/aromatic N) is 1. The molecule has 0 saturated carbocycles. The summed E-state index contributed by atoms with van der Waals surface area (Å²) in [5.41, 5.74) is 1.41. The van der Waals surface area contributed by atoms with E-state index < -0.39 is 9.84 Å². The Morgan fingerprint density at radius 3 is 2.52 bits per heavy atom. The number of nitriles is 1. The van der Waals surface area contributed by atoms with Crippen LogP contribution in [-0.2, 0) is 9.84 Å². The number of halogens is 1. The number of rotatable bonds is 7. The number of hydrogen-bond acceptors (Lipinski definition) is 5. The van der Waals surface area contributed by atoms with E-state index in [4.69, 9.17) is 9.47 Å². The fraction of sp³-hybridized carbons (Fsp3) is 0.150. The van der Waals surface area contributed by atoms with Gasteiger partial charge in [0.05, 0.1) is 16.5 Å². The van der Waals surface area contributed by atoms with Crippen molar-refractivity contribution in [3.8, 4) is 17.6 Å². The van der Waals surface area contributed by atoms with Crippen molar-refractivity contribution < 1.29 is 17.9 Å². The van der Waals surface area contributed by atoms with Crippen LogP contribution in [-0.4, -0.2) is 22.1 Å². The molecular weight excluding hydrogens is 430 g/mol. The van der Waals surface area contributed by atoms with Gasteiger partial charge in [-0.2, -0.15) is 5.26 Å². The minimum Gasteiger partial charge on any atom is -0.493 e. The van der Waals surface area contributed by atoms with E-state index in [0.29, 0.717) is 21.5 Å². The van der Waals surface area contributed by atoms with Gasteiger partial charge in [0.25, 0.3) is 0 Å². The predicted molar refractivity (Wildman–Crippen MR) is 108 cm³/mol. The summed E-state index contributed by atoms with van der Waals surface area (Å²) in [5, 5.41) is 9.43. The highest BCUT2D eigenvalue weighted by molar-refractivity contribution is 9.10. The van der Waals surface area contributed by atoms with Crippen molar-refractivity contribution in [3.63, 3.8) is 0 Å². The van der Waals surface area contributed by atoms with Crippen molar-refractivity contribution in [1.82, 2.24) is 0 Å². The molecule has 7 heteroatoms. The molecule has 0 aliphatic carbocycles. The highest BCUT2D eigenvalue weighted by Gasteiger charge is 2.21. The highest BCUT2D eigenvalue weighted by Crippen LogP contribution is 2.37. The zero-order valence-electron chi connectivity index (χ0n) is 14.9. The number of methoxy groups -OCH3 is 1. The number of allylic oxidation sites excluding steroid dienone is 1. The molecule has 140 valence electrons. The molecule has 0 radical (unpaired) electrons. The van der Waals surface area contributed by atoms with Gasteiger partial charge >= 0.3 is 0 Å². The molecule has 0 unspecified atom stereocenters. The fourth-order valence-corrected chi connectivity index (χ4v) is 4.01. The maximum absolute atomic E-state index is 12.8.